The van der Waals surface area contributed by atoms with E-state index in [1.165, 1.54) is 12.3 Å². The summed E-state index contributed by atoms with van der Waals surface area (Å²) in [5, 5.41) is 2.84. The summed E-state index contributed by atoms with van der Waals surface area (Å²) in [6.45, 7) is 1.44. The molecule has 0 spiro atoms. The topological polar surface area (TPSA) is 79.8 Å². The van der Waals surface area contributed by atoms with Gasteiger partial charge in [-0.1, -0.05) is 0 Å². The van der Waals surface area contributed by atoms with Crippen LogP contribution in [0.3, 0.4) is 0 Å². The van der Waals surface area contributed by atoms with Gasteiger partial charge in [0.2, 0.25) is 0 Å². The Morgan fingerprint density at radius 3 is 3.30 bits per heavy atom. The van der Waals surface area contributed by atoms with Crippen molar-refractivity contribution in [1.29, 1.82) is 0 Å². The molecule has 6 nitrogen and oxygen atoms in total. The number of hydrogen-bond acceptors (Lipinski definition) is 3. The van der Waals surface area contributed by atoms with E-state index in [2.05, 4.69) is 19.9 Å². The lowest BCUT2D eigenvalue weighted by atomic mass is 9.99. The standard InChI is InChI=1S/C14H16N4O2/c19-13-11(2-1-5-16-13)14(20)17-8-10-3-4-12-15-6-7-18(12)9-10/h1-2,5-7,10H,3-4,8-9H2,(H,16,19)(H,17,20). The molecule has 20 heavy (non-hydrogen) atoms. The molecule has 104 valence electrons. The maximum Gasteiger partial charge on any atom is 0.260 e. The average Bonchev–Trinajstić information content (AvgIpc) is 2.92. The first-order valence-electron chi connectivity index (χ1n) is 6.70. The minimum absolute atomic E-state index is 0.159. The van der Waals surface area contributed by atoms with Crippen LogP contribution in [0.2, 0.25) is 0 Å². The maximum absolute atomic E-state index is 12.0. The number of aromatic nitrogens is 3. The molecule has 1 amide bonds. The van der Waals surface area contributed by atoms with E-state index in [9.17, 15) is 9.59 Å². The number of aromatic amines is 1. The molecule has 1 atom stereocenters. The molecule has 0 fully saturated rings. The van der Waals surface area contributed by atoms with Crippen LogP contribution < -0.4 is 10.9 Å². The van der Waals surface area contributed by atoms with Gasteiger partial charge in [-0.25, -0.2) is 4.98 Å². The van der Waals surface area contributed by atoms with Gasteiger partial charge in [0.05, 0.1) is 0 Å². The number of carbonyl (C=O) groups excluding carboxylic acids is 1. The van der Waals surface area contributed by atoms with E-state index in [0.29, 0.717) is 12.5 Å². The number of rotatable bonds is 3. The molecule has 6 heteroatoms. The highest BCUT2D eigenvalue weighted by molar-refractivity contribution is 5.93. The van der Waals surface area contributed by atoms with Crippen LogP contribution in [-0.2, 0) is 13.0 Å². The van der Waals surface area contributed by atoms with Gasteiger partial charge in [-0.15, -0.1) is 0 Å². The monoisotopic (exact) mass is 272 g/mol. The number of amides is 1. The van der Waals surface area contributed by atoms with Crippen molar-refractivity contribution in [2.75, 3.05) is 6.54 Å². The number of nitrogens with one attached hydrogen (secondary N) is 2. The Morgan fingerprint density at radius 1 is 1.55 bits per heavy atom. The Kier molecular flexibility index (Phi) is 3.37. The van der Waals surface area contributed by atoms with Crippen LogP contribution in [-0.4, -0.2) is 27.0 Å². The lowest BCUT2D eigenvalue weighted by Crippen LogP contribution is -2.35. The van der Waals surface area contributed by atoms with Crippen LogP contribution >= 0.6 is 0 Å². The number of carbonyl (C=O) groups is 1. The first kappa shape index (κ1) is 12.7. The van der Waals surface area contributed by atoms with E-state index >= 15 is 0 Å². The minimum atomic E-state index is -0.356. The summed E-state index contributed by atoms with van der Waals surface area (Å²) < 4.78 is 2.12. The zero-order valence-electron chi connectivity index (χ0n) is 11.0. The molecule has 0 aliphatic carbocycles. The number of hydrogen-bond donors (Lipinski definition) is 2. The molecule has 2 N–H and O–H groups in total. The van der Waals surface area contributed by atoms with Crippen molar-refractivity contribution in [2.45, 2.75) is 19.4 Å². The van der Waals surface area contributed by atoms with Crippen molar-refractivity contribution in [1.82, 2.24) is 19.9 Å². The van der Waals surface area contributed by atoms with Crippen LogP contribution in [0.25, 0.3) is 0 Å². The third-order valence-corrected chi connectivity index (χ3v) is 3.65. The summed E-state index contributed by atoms with van der Waals surface area (Å²) >= 11 is 0. The molecule has 2 aromatic heterocycles. The van der Waals surface area contributed by atoms with Gasteiger partial charge in [-0.05, 0) is 24.5 Å². The fourth-order valence-corrected chi connectivity index (χ4v) is 2.54. The Balaban J connectivity index is 1.60. The molecular formula is C14H16N4O2. The summed E-state index contributed by atoms with van der Waals surface area (Å²) in [6.07, 6.45) is 7.22. The van der Waals surface area contributed by atoms with E-state index in [1.54, 1.807) is 12.3 Å². The highest BCUT2D eigenvalue weighted by Crippen LogP contribution is 2.17. The van der Waals surface area contributed by atoms with E-state index in [0.717, 1.165) is 25.2 Å². The molecule has 0 aromatic carbocycles. The van der Waals surface area contributed by atoms with Crippen LogP contribution in [0.4, 0.5) is 0 Å². The molecule has 3 heterocycles. The smallest absolute Gasteiger partial charge is 0.260 e. The third kappa shape index (κ3) is 2.49. The first-order chi connectivity index (χ1) is 9.74. The van der Waals surface area contributed by atoms with Gasteiger partial charge in [0, 0.05) is 38.1 Å². The van der Waals surface area contributed by atoms with Crippen LogP contribution in [0.1, 0.15) is 22.6 Å². The molecule has 0 bridgehead atoms. The molecule has 0 saturated heterocycles. The molecule has 1 unspecified atom stereocenters. The number of nitrogens with zero attached hydrogens (tertiary/aromatic N) is 2. The summed E-state index contributed by atoms with van der Waals surface area (Å²) in [7, 11) is 0. The van der Waals surface area contributed by atoms with Crippen LogP contribution in [0.5, 0.6) is 0 Å². The van der Waals surface area contributed by atoms with Gasteiger partial charge in [0.25, 0.3) is 11.5 Å². The normalized spacial score (nSPS) is 17.5. The lowest BCUT2D eigenvalue weighted by Gasteiger charge is -2.23. The summed E-state index contributed by atoms with van der Waals surface area (Å²) in [4.78, 5) is 30.2. The second-order valence-electron chi connectivity index (χ2n) is 5.02. The zero-order valence-corrected chi connectivity index (χ0v) is 11.0. The lowest BCUT2D eigenvalue weighted by molar-refractivity contribution is 0.0942. The van der Waals surface area contributed by atoms with E-state index in [4.69, 9.17) is 0 Å². The number of H-pyrrole nitrogens is 1. The molecule has 1 aliphatic rings. The van der Waals surface area contributed by atoms with E-state index in [-0.39, 0.29) is 17.0 Å². The molecule has 1 aliphatic heterocycles. The fraction of sp³-hybridized carbons (Fsp3) is 0.357. The van der Waals surface area contributed by atoms with E-state index in [1.807, 2.05) is 6.20 Å². The highest BCUT2D eigenvalue weighted by atomic mass is 16.2. The predicted molar refractivity (Wildman–Crippen MR) is 73.4 cm³/mol. The zero-order chi connectivity index (χ0) is 13.9. The molecule has 2 aromatic rings. The highest BCUT2D eigenvalue weighted by Gasteiger charge is 2.19. The quantitative estimate of drug-likeness (QED) is 0.857. The van der Waals surface area contributed by atoms with Gasteiger partial charge in [0.1, 0.15) is 11.4 Å². The Morgan fingerprint density at radius 2 is 2.45 bits per heavy atom. The summed E-state index contributed by atoms with van der Waals surface area (Å²) in [5.41, 5.74) is -0.197. The van der Waals surface area contributed by atoms with Gasteiger partial charge >= 0.3 is 0 Å². The summed E-state index contributed by atoms with van der Waals surface area (Å²) in [6, 6.07) is 3.18. The molecular weight excluding hydrogens is 256 g/mol. The van der Waals surface area contributed by atoms with Gasteiger partial charge in [-0.2, -0.15) is 0 Å². The minimum Gasteiger partial charge on any atom is -0.352 e. The Labute approximate surface area is 115 Å². The van der Waals surface area contributed by atoms with Crippen LogP contribution in [0, 0.1) is 5.92 Å². The van der Waals surface area contributed by atoms with Crippen molar-refractivity contribution in [3.8, 4) is 0 Å². The SMILES string of the molecule is O=C(NCC1CCc2nccn2C1)c1ccc[nH]c1=O. The number of aryl methyl sites for hydroxylation is 1. The second-order valence-corrected chi connectivity index (χ2v) is 5.02. The van der Waals surface area contributed by atoms with E-state index < -0.39 is 0 Å². The number of fused-ring (bicyclic) bond motifs is 1. The second kappa shape index (κ2) is 5.32. The largest absolute Gasteiger partial charge is 0.352 e. The summed E-state index contributed by atoms with van der Waals surface area (Å²) in [5.74, 6) is 1.17. The Bertz CT molecular complexity index is 674. The molecule has 3 rings (SSSR count). The number of pyridine rings is 1. The van der Waals surface area contributed by atoms with Crippen molar-refractivity contribution >= 4 is 5.91 Å². The van der Waals surface area contributed by atoms with Crippen molar-refractivity contribution in [2.24, 2.45) is 5.92 Å². The van der Waals surface area contributed by atoms with Crippen molar-refractivity contribution in [3.05, 3.63) is 52.5 Å². The number of imidazole rings is 1. The fourth-order valence-electron chi connectivity index (χ4n) is 2.54. The van der Waals surface area contributed by atoms with Crippen molar-refractivity contribution in [3.63, 3.8) is 0 Å². The maximum atomic E-state index is 12.0. The van der Waals surface area contributed by atoms with Gasteiger partial charge in [0.15, 0.2) is 0 Å². The third-order valence-electron chi connectivity index (χ3n) is 3.65. The van der Waals surface area contributed by atoms with Gasteiger partial charge in [-0.3, -0.25) is 9.59 Å². The molecule has 0 radical (unpaired) electrons. The Hall–Kier alpha value is -2.37. The first-order valence-corrected chi connectivity index (χ1v) is 6.70. The molecule has 0 saturated carbocycles. The van der Waals surface area contributed by atoms with Gasteiger partial charge < -0.3 is 14.9 Å². The average molecular weight is 272 g/mol. The van der Waals surface area contributed by atoms with Crippen molar-refractivity contribution < 1.29 is 4.79 Å². The predicted octanol–water partition coefficient (Wildman–Crippen LogP) is 0.564. The van der Waals surface area contributed by atoms with Crippen LogP contribution in [0.15, 0.2) is 35.5 Å².